The molecule has 0 aromatic heterocycles. The third kappa shape index (κ3) is 4.91. The number of carbonyl (C=O) groups is 2. The Morgan fingerprint density at radius 1 is 1.03 bits per heavy atom. The zero-order valence-corrected chi connectivity index (χ0v) is 19.8. The average Bonchev–Trinajstić information content (AvgIpc) is 3.05. The van der Waals surface area contributed by atoms with Crippen molar-refractivity contribution in [3.63, 3.8) is 0 Å². The van der Waals surface area contributed by atoms with E-state index in [4.69, 9.17) is 16.3 Å². The molecule has 4 rings (SSSR count). The summed E-state index contributed by atoms with van der Waals surface area (Å²) in [5, 5.41) is 11.6. The van der Waals surface area contributed by atoms with E-state index in [0.29, 0.717) is 30.3 Å². The van der Waals surface area contributed by atoms with Gasteiger partial charge in [-0.25, -0.2) is 0 Å². The van der Waals surface area contributed by atoms with Gasteiger partial charge in [0.1, 0.15) is 5.76 Å². The molecule has 0 saturated carbocycles. The molecule has 2 aliphatic rings. The van der Waals surface area contributed by atoms with Crippen molar-refractivity contribution < 1.29 is 19.4 Å². The summed E-state index contributed by atoms with van der Waals surface area (Å²) in [6.07, 6.45) is 0.723. The van der Waals surface area contributed by atoms with Gasteiger partial charge in [0.25, 0.3) is 11.7 Å². The molecule has 2 aliphatic heterocycles. The first-order valence-corrected chi connectivity index (χ1v) is 11.7. The Balaban J connectivity index is 1.66. The standard InChI is InChI=1S/C24H24BrClN2O4/c25-18-6-2-16(3-7-18)21-20(22(29)17-4-8-19(26)9-5-17)23(30)24(31)28(21)11-1-10-27-12-14-32-15-13-27/h2-9,21,29H,1,10-15H2/b22-20+/t21-/m0/s1. The Hall–Kier alpha value is -2.19. The molecular formula is C24H24BrClN2O4. The fraction of sp³-hybridized carbons (Fsp3) is 0.333. The van der Waals surface area contributed by atoms with Gasteiger partial charge in [-0.3, -0.25) is 14.5 Å². The molecule has 2 aromatic rings. The third-order valence-corrected chi connectivity index (χ3v) is 6.60. The highest BCUT2D eigenvalue weighted by Crippen LogP contribution is 2.39. The molecule has 1 atom stereocenters. The minimum atomic E-state index is -0.670. The topological polar surface area (TPSA) is 70.1 Å². The molecule has 2 heterocycles. The largest absolute Gasteiger partial charge is 0.507 e. The van der Waals surface area contributed by atoms with Crippen LogP contribution in [0.2, 0.25) is 5.02 Å². The summed E-state index contributed by atoms with van der Waals surface area (Å²) in [5.74, 6) is -1.45. The molecule has 1 N–H and O–H groups in total. The van der Waals surface area contributed by atoms with Gasteiger partial charge >= 0.3 is 0 Å². The van der Waals surface area contributed by atoms with E-state index in [1.807, 2.05) is 24.3 Å². The number of hydrogen-bond donors (Lipinski definition) is 1. The van der Waals surface area contributed by atoms with Gasteiger partial charge in [0.2, 0.25) is 0 Å². The zero-order valence-electron chi connectivity index (χ0n) is 17.5. The second-order valence-corrected chi connectivity index (χ2v) is 9.21. The van der Waals surface area contributed by atoms with Gasteiger partial charge in [0.05, 0.1) is 24.8 Å². The van der Waals surface area contributed by atoms with Crippen molar-refractivity contribution in [3.8, 4) is 0 Å². The third-order valence-electron chi connectivity index (χ3n) is 5.82. The summed E-state index contributed by atoms with van der Waals surface area (Å²) < 4.78 is 6.28. The number of hydrogen-bond acceptors (Lipinski definition) is 5. The second-order valence-electron chi connectivity index (χ2n) is 7.86. The highest BCUT2D eigenvalue weighted by Gasteiger charge is 2.45. The van der Waals surface area contributed by atoms with Crippen LogP contribution in [0.25, 0.3) is 5.76 Å². The van der Waals surface area contributed by atoms with E-state index < -0.39 is 17.7 Å². The van der Waals surface area contributed by atoms with E-state index in [9.17, 15) is 14.7 Å². The van der Waals surface area contributed by atoms with Crippen molar-refractivity contribution >= 4 is 45.0 Å². The molecule has 0 aliphatic carbocycles. The summed E-state index contributed by atoms with van der Waals surface area (Å²) in [5.41, 5.74) is 1.32. The number of carbonyl (C=O) groups excluding carboxylic acids is 2. The molecule has 6 nitrogen and oxygen atoms in total. The van der Waals surface area contributed by atoms with Crippen LogP contribution in [0.4, 0.5) is 0 Å². The summed E-state index contributed by atoms with van der Waals surface area (Å²) in [4.78, 5) is 29.9. The lowest BCUT2D eigenvalue weighted by molar-refractivity contribution is -0.140. The van der Waals surface area contributed by atoms with Crippen molar-refractivity contribution in [2.45, 2.75) is 12.5 Å². The average molecular weight is 520 g/mol. The molecule has 0 radical (unpaired) electrons. The summed E-state index contributed by atoms with van der Waals surface area (Å²) in [7, 11) is 0. The highest BCUT2D eigenvalue weighted by atomic mass is 79.9. The van der Waals surface area contributed by atoms with Crippen LogP contribution in [0, 0.1) is 0 Å². The Bertz CT molecular complexity index is 1020. The Morgan fingerprint density at radius 2 is 1.69 bits per heavy atom. The lowest BCUT2D eigenvalue weighted by Gasteiger charge is -2.29. The van der Waals surface area contributed by atoms with Crippen molar-refractivity contribution in [1.29, 1.82) is 0 Å². The van der Waals surface area contributed by atoms with Crippen LogP contribution in [0.3, 0.4) is 0 Å². The van der Waals surface area contributed by atoms with Gasteiger partial charge in [0, 0.05) is 41.2 Å². The number of ketones is 1. The molecule has 1 amide bonds. The molecule has 0 unspecified atom stereocenters. The minimum absolute atomic E-state index is 0.103. The molecule has 2 saturated heterocycles. The van der Waals surface area contributed by atoms with Gasteiger partial charge in [-0.2, -0.15) is 0 Å². The van der Waals surface area contributed by atoms with Crippen LogP contribution in [0.15, 0.2) is 58.6 Å². The quantitative estimate of drug-likeness (QED) is 0.351. The number of ether oxygens (including phenoxy) is 1. The SMILES string of the molecule is O=C1C(=O)N(CCCN2CCOCC2)[C@@H](c2ccc(Br)cc2)/C1=C(\O)c1ccc(Cl)cc1. The van der Waals surface area contributed by atoms with Gasteiger partial charge < -0.3 is 14.7 Å². The van der Waals surface area contributed by atoms with Crippen molar-refractivity contribution in [3.05, 3.63) is 74.7 Å². The predicted octanol–water partition coefficient (Wildman–Crippen LogP) is 4.25. The van der Waals surface area contributed by atoms with Crippen LogP contribution in [0.1, 0.15) is 23.6 Å². The van der Waals surface area contributed by atoms with Crippen LogP contribution < -0.4 is 0 Å². The number of nitrogens with zero attached hydrogens (tertiary/aromatic N) is 2. The van der Waals surface area contributed by atoms with E-state index in [1.54, 1.807) is 29.2 Å². The number of likely N-dealkylation sites (tertiary alicyclic amines) is 1. The molecule has 8 heteroatoms. The zero-order chi connectivity index (χ0) is 22.7. The minimum Gasteiger partial charge on any atom is -0.507 e. The maximum absolute atomic E-state index is 13.0. The number of aliphatic hydroxyl groups excluding tert-OH is 1. The fourth-order valence-corrected chi connectivity index (χ4v) is 4.55. The number of amides is 1. The van der Waals surface area contributed by atoms with E-state index in [-0.39, 0.29) is 11.3 Å². The predicted molar refractivity (Wildman–Crippen MR) is 126 cm³/mol. The summed E-state index contributed by atoms with van der Waals surface area (Å²) >= 11 is 9.40. The van der Waals surface area contributed by atoms with Crippen molar-refractivity contribution in [2.24, 2.45) is 0 Å². The van der Waals surface area contributed by atoms with Gasteiger partial charge in [-0.1, -0.05) is 39.7 Å². The van der Waals surface area contributed by atoms with Gasteiger partial charge in [-0.05, 0) is 48.4 Å². The number of benzene rings is 2. The van der Waals surface area contributed by atoms with Crippen LogP contribution >= 0.6 is 27.5 Å². The number of aliphatic hydroxyl groups is 1. The first-order chi connectivity index (χ1) is 15.5. The maximum Gasteiger partial charge on any atom is 0.295 e. The smallest absolute Gasteiger partial charge is 0.295 e. The molecular weight excluding hydrogens is 496 g/mol. The second kappa shape index (κ2) is 10.2. The Kier molecular flexibility index (Phi) is 7.30. The molecule has 2 aromatic carbocycles. The molecule has 32 heavy (non-hydrogen) atoms. The van der Waals surface area contributed by atoms with Crippen LogP contribution in [-0.2, 0) is 14.3 Å². The normalized spacial score (nSPS) is 21.3. The number of rotatable bonds is 6. The number of morpholine rings is 1. The van der Waals surface area contributed by atoms with Crippen LogP contribution in [0.5, 0.6) is 0 Å². The van der Waals surface area contributed by atoms with E-state index in [0.717, 1.165) is 36.1 Å². The lowest BCUT2D eigenvalue weighted by Crippen LogP contribution is -2.38. The Labute approximate surface area is 200 Å². The number of Topliss-reactive ketones (excluding diaryl/α,β-unsaturated/α-hetero) is 1. The van der Waals surface area contributed by atoms with E-state index in [2.05, 4.69) is 20.8 Å². The summed E-state index contributed by atoms with van der Waals surface area (Å²) in [6, 6.07) is 13.4. The van der Waals surface area contributed by atoms with Crippen molar-refractivity contribution in [2.75, 3.05) is 39.4 Å². The maximum atomic E-state index is 13.0. The molecule has 2 fully saturated rings. The van der Waals surface area contributed by atoms with E-state index in [1.165, 1.54) is 0 Å². The fourth-order valence-electron chi connectivity index (χ4n) is 4.15. The highest BCUT2D eigenvalue weighted by molar-refractivity contribution is 9.10. The summed E-state index contributed by atoms with van der Waals surface area (Å²) in [6.45, 7) is 4.39. The molecule has 0 spiro atoms. The lowest BCUT2D eigenvalue weighted by atomic mass is 9.95. The Morgan fingerprint density at radius 3 is 2.34 bits per heavy atom. The van der Waals surface area contributed by atoms with Crippen LogP contribution in [-0.4, -0.2) is 66.0 Å². The van der Waals surface area contributed by atoms with Gasteiger partial charge in [0.15, 0.2) is 0 Å². The van der Waals surface area contributed by atoms with Crippen molar-refractivity contribution in [1.82, 2.24) is 9.80 Å². The molecule has 168 valence electrons. The first-order valence-electron chi connectivity index (χ1n) is 10.6. The van der Waals surface area contributed by atoms with E-state index >= 15 is 0 Å². The van der Waals surface area contributed by atoms with Gasteiger partial charge in [-0.15, -0.1) is 0 Å². The monoisotopic (exact) mass is 518 g/mol. The number of halogens is 2. The molecule has 0 bridgehead atoms. The first kappa shape index (κ1) is 23.0.